The summed E-state index contributed by atoms with van der Waals surface area (Å²) in [7, 11) is 0. The number of anilines is 1. The van der Waals surface area contributed by atoms with Gasteiger partial charge in [-0.3, -0.25) is 4.79 Å². The average Bonchev–Trinajstić information content (AvgIpc) is 2.26. The van der Waals surface area contributed by atoms with Crippen LogP contribution < -0.4 is 5.73 Å². The number of rotatable bonds is 0. The zero-order valence-electron chi connectivity index (χ0n) is 10.1. The van der Waals surface area contributed by atoms with Crippen molar-refractivity contribution in [2.75, 3.05) is 5.73 Å². The predicted molar refractivity (Wildman–Crippen MR) is 70.7 cm³/mol. The van der Waals surface area contributed by atoms with Gasteiger partial charge in [0, 0.05) is 17.7 Å². The normalized spacial score (nSPS) is 15.6. The molecule has 0 radical (unpaired) electrons. The SMILES string of the molecule is C=C1CC(C)=C=C(C)c2cc(N)ccc2C1=O. The summed E-state index contributed by atoms with van der Waals surface area (Å²) < 4.78 is 0. The fourth-order valence-electron chi connectivity index (χ4n) is 2.09. The number of benzene rings is 1. The van der Waals surface area contributed by atoms with E-state index in [-0.39, 0.29) is 5.78 Å². The molecule has 0 saturated carbocycles. The Morgan fingerprint density at radius 2 is 2.00 bits per heavy atom. The number of allylic oxidation sites excluding steroid dienone is 2. The average molecular weight is 225 g/mol. The van der Waals surface area contributed by atoms with E-state index in [4.69, 9.17) is 5.73 Å². The van der Waals surface area contributed by atoms with Crippen LogP contribution in [0.15, 0.2) is 41.7 Å². The third-order valence-corrected chi connectivity index (χ3v) is 2.89. The summed E-state index contributed by atoms with van der Waals surface area (Å²) in [6, 6.07) is 5.33. The summed E-state index contributed by atoms with van der Waals surface area (Å²) >= 11 is 0. The Balaban J connectivity index is 2.79. The molecular formula is C15H15NO. The van der Waals surface area contributed by atoms with Crippen LogP contribution in [-0.4, -0.2) is 5.78 Å². The van der Waals surface area contributed by atoms with Crippen LogP contribution in [0.2, 0.25) is 0 Å². The molecule has 17 heavy (non-hydrogen) atoms. The molecule has 0 spiro atoms. The number of Topliss-reactive ketones (excluding diaryl/α,β-unsaturated/α-hetero) is 1. The van der Waals surface area contributed by atoms with Gasteiger partial charge in [0.05, 0.1) is 0 Å². The van der Waals surface area contributed by atoms with Crippen LogP contribution in [0.3, 0.4) is 0 Å². The molecule has 0 bridgehead atoms. The number of nitrogen functional groups attached to an aromatic ring is 1. The van der Waals surface area contributed by atoms with Gasteiger partial charge in [0.2, 0.25) is 0 Å². The molecule has 1 aliphatic carbocycles. The summed E-state index contributed by atoms with van der Waals surface area (Å²) in [6.07, 6.45) is 0.583. The molecule has 1 aromatic rings. The molecule has 0 heterocycles. The van der Waals surface area contributed by atoms with E-state index in [0.717, 1.165) is 16.7 Å². The Morgan fingerprint density at radius 3 is 2.71 bits per heavy atom. The second-order valence-corrected chi connectivity index (χ2v) is 4.44. The molecule has 86 valence electrons. The summed E-state index contributed by atoms with van der Waals surface area (Å²) in [4.78, 5) is 12.2. The zero-order chi connectivity index (χ0) is 12.6. The first kappa shape index (κ1) is 11.4. The molecule has 1 aliphatic rings. The van der Waals surface area contributed by atoms with Gasteiger partial charge in [0.15, 0.2) is 5.78 Å². The van der Waals surface area contributed by atoms with Crippen molar-refractivity contribution in [3.05, 3.63) is 52.8 Å². The maximum absolute atomic E-state index is 12.2. The lowest BCUT2D eigenvalue weighted by molar-refractivity contribution is 0.103. The van der Waals surface area contributed by atoms with Crippen molar-refractivity contribution in [2.24, 2.45) is 0 Å². The molecule has 0 saturated heterocycles. The van der Waals surface area contributed by atoms with E-state index in [0.29, 0.717) is 23.2 Å². The van der Waals surface area contributed by atoms with E-state index >= 15 is 0 Å². The number of carbonyl (C=O) groups excluding carboxylic acids is 1. The Kier molecular flexibility index (Phi) is 2.74. The second kappa shape index (κ2) is 4.08. The molecule has 2 rings (SSSR count). The first-order valence-electron chi connectivity index (χ1n) is 5.54. The van der Waals surface area contributed by atoms with E-state index < -0.39 is 0 Å². The largest absolute Gasteiger partial charge is 0.399 e. The fraction of sp³-hybridized carbons (Fsp3) is 0.200. The highest BCUT2D eigenvalue weighted by Gasteiger charge is 2.18. The van der Waals surface area contributed by atoms with Crippen molar-refractivity contribution in [3.8, 4) is 0 Å². The van der Waals surface area contributed by atoms with Gasteiger partial charge < -0.3 is 5.73 Å². The zero-order valence-corrected chi connectivity index (χ0v) is 10.1. The maximum Gasteiger partial charge on any atom is 0.189 e. The third-order valence-electron chi connectivity index (χ3n) is 2.89. The highest BCUT2D eigenvalue weighted by Crippen LogP contribution is 2.27. The summed E-state index contributed by atoms with van der Waals surface area (Å²) in [5, 5.41) is 0. The number of nitrogens with two attached hydrogens (primary N) is 1. The van der Waals surface area contributed by atoms with Gasteiger partial charge >= 0.3 is 0 Å². The van der Waals surface area contributed by atoms with Crippen molar-refractivity contribution < 1.29 is 4.79 Å². The molecule has 0 unspecified atom stereocenters. The smallest absolute Gasteiger partial charge is 0.189 e. The number of hydrogen-bond donors (Lipinski definition) is 1. The van der Waals surface area contributed by atoms with Crippen LogP contribution in [0.25, 0.3) is 5.57 Å². The standard InChI is InChI=1S/C15H15NO/c1-9-6-10(2)14-8-12(16)4-5-13(14)15(17)11(3)7-9/h4-5,8H,3,7,16H2,1-2H3. The lowest BCUT2D eigenvalue weighted by Crippen LogP contribution is -2.08. The third kappa shape index (κ3) is 2.08. The van der Waals surface area contributed by atoms with Crippen molar-refractivity contribution >= 4 is 17.0 Å². The van der Waals surface area contributed by atoms with Crippen LogP contribution in [0, 0.1) is 0 Å². The van der Waals surface area contributed by atoms with Gasteiger partial charge in [-0.15, -0.1) is 5.73 Å². The van der Waals surface area contributed by atoms with Crippen LogP contribution in [-0.2, 0) is 0 Å². The van der Waals surface area contributed by atoms with Crippen LogP contribution in [0.1, 0.15) is 36.2 Å². The quantitative estimate of drug-likeness (QED) is 0.418. The molecule has 2 N–H and O–H groups in total. The fourth-order valence-corrected chi connectivity index (χ4v) is 2.09. The molecular weight excluding hydrogens is 210 g/mol. The number of ketones is 1. The molecule has 0 aromatic heterocycles. The lowest BCUT2D eigenvalue weighted by Gasteiger charge is -2.13. The molecule has 0 fully saturated rings. The van der Waals surface area contributed by atoms with E-state index in [2.05, 4.69) is 12.3 Å². The number of hydrogen-bond acceptors (Lipinski definition) is 2. The number of carbonyl (C=O) groups is 1. The number of fused-ring (bicyclic) bond motifs is 1. The van der Waals surface area contributed by atoms with Crippen LogP contribution >= 0.6 is 0 Å². The Morgan fingerprint density at radius 1 is 1.29 bits per heavy atom. The topological polar surface area (TPSA) is 43.1 Å². The van der Waals surface area contributed by atoms with E-state index in [1.165, 1.54) is 0 Å². The minimum Gasteiger partial charge on any atom is -0.399 e. The maximum atomic E-state index is 12.2. The minimum atomic E-state index is 0.000185. The summed E-state index contributed by atoms with van der Waals surface area (Å²) in [5.74, 6) is 0.000185. The lowest BCUT2D eigenvalue weighted by atomic mass is 9.90. The minimum absolute atomic E-state index is 0.000185. The Bertz CT molecular complexity index is 587. The van der Waals surface area contributed by atoms with Crippen molar-refractivity contribution in [3.63, 3.8) is 0 Å². The summed E-state index contributed by atoms with van der Waals surface area (Å²) in [5.41, 5.74) is 13.8. The van der Waals surface area contributed by atoms with Crippen LogP contribution in [0.4, 0.5) is 5.69 Å². The second-order valence-electron chi connectivity index (χ2n) is 4.44. The van der Waals surface area contributed by atoms with Gasteiger partial charge in [-0.1, -0.05) is 6.58 Å². The van der Waals surface area contributed by atoms with Gasteiger partial charge in [-0.2, -0.15) is 0 Å². The van der Waals surface area contributed by atoms with Gasteiger partial charge in [0.1, 0.15) is 0 Å². The van der Waals surface area contributed by atoms with Crippen molar-refractivity contribution in [1.29, 1.82) is 0 Å². The molecule has 1 aromatic carbocycles. The van der Waals surface area contributed by atoms with Crippen LogP contribution in [0.5, 0.6) is 0 Å². The monoisotopic (exact) mass is 225 g/mol. The Hall–Kier alpha value is -2.05. The highest BCUT2D eigenvalue weighted by molar-refractivity contribution is 6.11. The van der Waals surface area contributed by atoms with Crippen molar-refractivity contribution in [1.82, 2.24) is 0 Å². The van der Waals surface area contributed by atoms with E-state index in [1.54, 1.807) is 12.1 Å². The predicted octanol–water partition coefficient (Wildman–Crippen LogP) is 3.36. The van der Waals surface area contributed by atoms with Gasteiger partial charge in [-0.25, -0.2) is 0 Å². The summed E-state index contributed by atoms with van der Waals surface area (Å²) in [6.45, 7) is 7.75. The van der Waals surface area contributed by atoms with E-state index in [9.17, 15) is 4.79 Å². The Labute approximate surface area is 101 Å². The molecule has 0 atom stereocenters. The van der Waals surface area contributed by atoms with Gasteiger partial charge in [-0.05, 0) is 54.3 Å². The first-order chi connectivity index (χ1) is 7.99. The molecule has 2 heteroatoms. The molecule has 0 amide bonds. The molecule has 2 nitrogen and oxygen atoms in total. The van der Waals surface area contributed by atoms with Crippen molar-refractivity contribution in [2.45, 2.75) is 20.3 Å². The van der Waals surface area contributed by atoms with E-state index in [1.807, 2.05) is 19.9 Å². The highest BCUT2D eigenvalue weighted by atomic mass is 16.1. The molecule has 0 aliphatic heterocycles. The van der Waals surface area contributed by atoms with Gasteiger partial charge in [0.25, 0.3) is 0 Å². The first-order valence-corrected chi connectivity index (χ1v) is 5.54.